The fourth-order valence-electron chi connectivity index (χ4n) is 3.43. The summed E-state index contributed by atoms with van der Waals surface area (Å²) in [4.78, 5) is 0. The molecule has 0 amide bonds. The van der Waals surface area contributed by atoms with E-state index in [4.69, 9.17) is 4.74 Å². The van der Waals surface area contributed by atoms with Gasteiger partial charge in [-0.25, -0.2) is 13.2 Å². The zero-order chi connectivity index (χ0) is 23.8. The van der Waals surface area contributed by atoms with Crippen LogP contribution >= 0.6 is 0 Å². The molecule has 1 atom stereocenters. The fraction of sp³-hybridized carbons (Fsp3) is 0.214. The van der Waals surface area contributed by atoms with Crippen molar-refractivity contribution in [3.63, 3.8) is 0 Å². The van der Waals surface area contributed by atoms with Crippen LogP contribution in [-0.4, -0.2) is 11.7 Å². The third-order valence-electron chi connectivity index (χ3n) is 5.27. The van der Waals surface area contributed by atoms with Crippen molar-refractivity contribution in [3.05, 3.63) is 101 Å². The Hall–Kier alpha value is -3.31. The van der Waals surface area contributed by atoms with Gasteiger partial charge in [0.25, 0.3) is 0 Å². The molecule has 0 aliphatic rings. The predicted octanol–water partition coefficient (Wildman–Crippen LogP) is 7.73. The van der Waals surface area contributed by atoms with Crippen LogP contribution in [0.3, 0.4) is 0 Å². The number of aliphatic hydroxyl groups is 1. The summed E-state index contributed by atoms with van der Waals surface area (Å²) < 4.78 is 48.8. The zero-order valence-corrected chi connectivity index (χ0v) is 18.5. The van der Waals surface area contributed by atoms with Crippen molar-refractivity contribution < 1.29 is 23.0 Å². The minimum absolute atomic E-state index is 0.0324. The minimum Gasteiger partial charge on any atom is -0.493 e. The van der Waals surface area contributed by atoms with Crippen LogP contribution in [0.2, 0.25) is 0 Å². The van der Waals surface area contributed by atoms with Crippen molar-refractivity contribution in [2.75, 3.05) is 6.61 Å². The summed E-state index contributed by atoms with van der Waals surface area (Å²) in [7, 11) is 0. The van der Waals surface area contributed by atoms with Gasteiger partial charge in [-0.3, -0.25) is 0 Å². The maximum atomic E-state index is 14.5. The van der Waals surface area contributed by atoms with E-state index in [2.05, 4.69) is 6.58 Å². The Labute approximate surface area is 192 Å². The quantitative estimate of drug-likeness (QED) is 0.194. The molecule has 0 aliphatic heterocycles. The summed E-state index contributed by atoms with van der Waals surface area (Å²) in [6, 6.07) is 14.7. The first-order valence-corrected chi connectivity index (χ1v) is 10.9. The van der Waals surface area contributed by atoms with E-state index < -0.39 is 23.6 Å². The highest BCUT2D eigenvalue weighted by Gasteiger charge is 2.17. The van der Waals surface area contributed by atoms with Gasteiger partial charge in [-0.05, 0) is 36.1 Å². The molecule has 2 nitrogen and oxygen atoms in total. The van der Waals surface area contributed by atoms with Crippen molar-refractivity contribution in [2.45, 2.75) is 32.3 Å². The van der Waals surface area contributed by atoms with Crippen LogP contribution in [0.5, 0.6) is 5.75 Å². The Morgan fingerprint density at radius 1 is 0.970 bits per heavy atom. The molecule has 3 rings (SSSR count). The van der Waals surface area contributed by atoms with Crippen molar-refractivity contribution >= 4 is 12.2 Å². The first-order chi connectivity index (χ1) is 15.9. The molecule has 33 heavy (non-hydrogen) atoms. The van der Waals surface area contributed by atoms with Gasteiger partial charge in [0, 0.05) is 22.8 Å². The molecule has 0 spiro atoms. The Morgan fingerprint density at radius 2 is 1.73 bits per heavy atom. The van der Waals surface area contributed by atoms with E-state index in [9.17, 15) is 18.3 Å². The maximum absolute atomic E-state index is 14.5. The van der Waals surface area contributed by atoms with Gasteiger partial charge < -0.3 is 9.84 Å². The van der Waals surface area contributed by atoms with Gasteiger partial charge in [-0.1, -0.05) is 68.0 Å². The summed E-state index contributed by atoms with van der Waals surface area (Å²) in [6.45, 7) is 5.93. The average molecular weight is 453 g/mol. The molecule has 0 saturated carbocycles. The highest BCUT2D eigenvalue weighted by atomic mass is 19.2. The van der Waals surface area contributed by atoms with Crippen LogP contribution in [0.15, 0.2) is 67.3 Å². The van der Waals surface area contributed by atoms with E-state index in [1.54, 1.807) is 48.6 Å². The Morgan fingerprint density at radius 3 is 2.39 bits per heavy atom. The van der Waals surface area contributed by atoms with Gasteiger partial charge in [-0.2, -0.15) is 0 Å². The minimum atomic E-state index is -1.03. The molecule has 1 unspecified atom stereocenters. The number of benzene rings is 3. The molecule has 0 fully saturated rings. The summed E-state index contributed by atoms with van der Waals surface area (Å²) in [5.41, 5.74) is 1.93. The number of rotatable bonds is 10. The van der Waals surface area contributed by atoms with Gasteiger partial charge in [0.05, 0.1) is 12.7 Å². The van der Waals surface area contributed by atoms with Crippen LogP contribution < -0.4 is 4.74 Å². The van der Waals surface area contributed by atoms with Crippen LogP contribution in [0.1, 0.15) is 49.0 Å². The fourth-order valence-corrected chi connectivity index (χ4v) is 3.43. The van der Waals surface area contributed by atoms with Gasteiger partial charge in [0.15, 0.2) is 11.6 Å². The topological polar surface area (TPSA) is 29.5 Å². The smallest absolute Gasteiger partial charge is 0.166 e. The van der Waals surface area contributed by atoms with E-state index >= 15 is 0 Å². The normalized spacial score (nSPS) is 12.2. The van der Waals surface area contributed by atoms with Crippen molar-refractivity contribution in [3.8, 4) is 16.9 Å². The second-order valence-electron chi connectivity index (χ2n) is 7.70. The van der Waals surface area contributed by atoms with E-state index in [1.807, 2.05) is 6.92 Å². The molecule has 0 aromatic heterocycles. The first kappa shape index (κ1) is 24.3. The number of aliphatic hydroxyl groups excluding tert-OH is 1. The van der Waals surface area contributed by atoms with Crippen molar-refractivity contribution in [1.82, 2.24) is 0 Å². The van der Waals surface area contributed by atoms with Crippen LogP contribution in [0.4, 0.5) is 13.2 Å². The third kappa shape index (κ3) is 6.14. The lowest BCUT2D eigenvalue weighted by Crippen LogP contribution is -2.03. The Balaban J connectivity index is 1.73. The number of hydrogen-bond acceptors (Lipinski definition) is 2. The monoisotopic (exact) mass is 452 g/mol. The van der Waals surface area contributed by atoms with Gasteiger partial charge in [0.1, 0.15) is 11.6 Å². The van der Waals surface area contributed by atoms with Crippen molar-refractivity contribution in [1.29, 1.82) is 0 Å². The third-order valence-corrected chi connectivity index (χ3v) is 5.27. The molecule has 0 heterocycles. The first-order valence-electron chi connectivity index (χ1n) is 10.9. The summed E-state index contributed by atoms with van der Waals surface area (Å²) in [5, 5.41) is 9.97. The van der Waals surface area contributed by atoms with E-state index in [1.165, 1.54) is 24.3 Å². The summed E-state index contributed by atoms with van der Waals surface area (Å²) in [6.07, 6.45) is 5.54. The predicted molar refractivity (Wildman–Crippen MR) is 127 cm³/mol. The highest BCUT2D eigenvalue weighted by molar-refractivity contribution is 5.72. The molecule has 0 radical (unpaired) electrons. The molecule has 5 heteroatoms. The van der Waals surface area contributed by atoms with E-state index in [-0.39, 0.29) is 11.1 Å². The largest absolute Gasteiger partial charge is 0.493 e. The molecule has 172 valence electrons. The standard InChI is InChI=1S/C28H27F3O2/c1-3-5-17-33-22-14-16-23(25(29)18-22)20-10-7-19(8-11-20)9-12-21-13-15-24(26(32)6-4-2)28(31)27(21)30/h3,7-16,18,26,32H,1,4-6,17H2,2H3/b12-9+. The SMILES string of the molecule is C=CCCOc1ccc(-c2ccc(/C=C/c3ccc(C(O)CCC)c(F)c3F)cc2)c(F)c1. The van der Waals surface area contributed by atoms with Gasteiger partial charge in [-0.15, -0.1) is 6.58 Å². The zero-order valence-electron chi connectivity index (χ0n) is 18.5. The lowest BCUT2D eigenvalue weighted by Gasteiger charge is -2.12. The second kappa shape index (κ2) is 11.5. The molecule has 3 aromatic carbocycles. The second-order valence-corrected chi connectivity index (χ2v) is 7.70. The number of halogens is 3. The molecular formula is C28H27F3O2. The van der Waals surface area contributed by atoms with Crippen LogP contribution in [0.25, 0.3) is 23.3 Å². The Bertz CT molecular complexity index is 1120. The molecular weight excluding hydrogens is 425 g/mol. The van der Waals surface area contributed by atoms with Crippen LogP contribution in [0, 0.1) is 17.5 Å². The average Bonchev–Trinajstić information content (AvgIpc) is 2.81. The van der Waals surface area contributed by atoms with Gasteiger partial charge in [0.2, 0.25) is 0 Å². The molecule has 3 aromatic rings. The molecule has 0 saturated heterocycles. The lowest BCUT2D eigenvalue weighted by atomic mass is 10.0. The van der Waals surface area contributed by atoms with E-state index in [0.717, 1.165) is 5.56 Å². The number of hydrogen-bond donors (Lipinski definition) is 1. The summed E-state index contributed by atoms with van der Waals surface area (Å²) in [5.74, 6) is -1.95. The summed E-state index contributed by atoms with van der Waals surface area (Å²) >= 11 is 0. The van der Waals surface area contributed by atoms with Crippen molar-refractivity contribution in [2.24, 2.45) is 0 Å². The highest BCUT2D eigenvalue weighted by Crippen LogP contribution is 2.28. The molecule has 0 aliphatic carbocycles. The molecule has 0 bridgehead atoms. The number of ether oxygens (including phenoxy) is 1. The Kier molecular flexibility index (Phi) is 8.50. The molecule has 1 N–H and O–H groups in total. The van der Waals surface area contributed by atoms with E-state index in [0.29, 0.717) is 42.7 Å². The lowest BCUT2D eigenvalue weighted by molar-refractivity contribution is 0.160. The van der Waals surface area contributed by atoms with Crippen LogP contribution in [-0.2, 0) is 0 Å². The maximum Gasteiger partial charge on any atom is 0.166 e. The van der Waals surface area contributed by atoms with Gasteiger partial charge >= 0.3 is 0 Å².